The van der Waals surface area contributed by atoms with Crippen LogP contribution in [0.25, 0.3) is 0 Å². The molecule has 2 rings (SSSR count). The molecule has 1 aromatic carbocycles. The molecule has 7 heteroatoms. The second-order valence-corrected chi connectivity index (χ2v) is 8.52. The Kier molecular flexibility index (Phi) is 4.97. The number of rotatable bonds is 4. The number of hydrogen-bond acceptors (Lipinski definition) is 4. The number of halogens is 1. The second kappa shape index (κ2) is 6.24. The fourth-order valence-electron chi connectivity index (χ4n) is 2.34. The molecule has 0 radical (unpaired) electrons. The highest BCUT2D eigenvalue weighted by Crippen LogP contribution is 2.30. The Morgan fingerprint density at radius 3 is 2.62 bits per heavy atom. The minimum atomic E-state index is -3.57. The Bertz CT molecular complexity index is 625. The van der Waals surface area contributed by atoms with Crippen LogP contribution < -0.4 is 10.5 Å². The maximum absolute atomic E-state index is 12.5. The van der Waals surface area contributed by atoms with E-state index < -0.39 is 10.0 Å². The minimum absolute atomic E-state index is 0.0587. The van der Waals surface area contributed by atoms with Crippen molar-refractivity contribution >= 4 is 31.6 Å². The average molecular weight is 377 g/mol. The summed E-state index contributed by atoms with van der Waals surface area (Å²) in [4.78, 5) is 0.227. The van der Waals surface area contributed by atoms with Crippen molar-refractivity contribution in [3.8, 4) is 0 Å². The van der Waals surface area contributed by atoms with Gasteiger partial charge in [-0.15, -0.1) is 0 Å². The van der Waals surface area contributed by atoms with Crippen molar-refractivity contribution in [1.29, 1.82) is 0 Å². The van der Waals surface area contributed by atoms with E-state index >= 15 is 0 Å². The smallest absolute Gasteiger partial charge is 0.240 e. The highest BCUT2D eigenvalue weighted by molar-refractivity contribution is 9.10. The molecule has 1 aliphatic heterocycles. The Balaban J connectivity index is 2.19. The molecular formula is C14H21BrN2O3S. The van der Waals surface area contributed by atoms with Crippen molar-refractivity contribution in [2.45, 2.75) is 31.6 Å². The molecule has 1 aromatic rings. The van der Waals surface area contributed by atoms with Gasteiger partial charge in [0.25, 0.3) is 0 Å². The first-order valence-electron chi connectivity index (χ1n) is 6.87. The maximum atomic E-state index is 12.5. The van der Waals surface area contributed by atoms with Crippen LogP contribution in [-0.4, -0.2) is 28.2 Å². The highest BCUT2D eigenvalue weighted by Gasteiger charge is 2.30. The van der Waals surface area contributed by atoms with Crippen LogP contribution in [0, 0.1) is 12.3 Å². The normalized spacial score (nSPS) is 18.6. The molecule has 1 aliphatic rings. The molecule has 0 saturated carbocycles. The summed E-state index contributed by atoms with van der Waals surface area (Å²) in [6.07, 6.45) is 1.71. The van der Waals surface area contributed by atoms with Crippen LogP contribution >= 0.6 is 15.9 Å². The average Bonchev–Trinajstić information content (AvgIpc) is 2.42. The van der Waals surface area contributed by atoms with Gasteiger partial charge in [0.15, 0.2) is 0 Å². The summed E-state index contributed by atoms with van der Waals surface area (Å²) in [5, 5.41) is 0. The topological polar surface area (TPSA) is 81.4 Å². The molecule has 1 heterocycles. The van der Waals surface area contributed by atoms with Gasteiger partial charge in [-0.2, -0.15) is 0 Å². The van der Waals surface area contributed by atoms with Gasteiger partial charge in [0.05, 0.1) is 4.90 Å². The third kappa shape index (κ3) is 3.97. The lowest BCUT2D eigenvalue weighted by molar-refractivity contribution is 0.0264. The number of benzene rings is 1. The van der Waals surface area contributed by atoms with Crippen molar-refractivity contribution in [3.05, 3.63) is 22.2 Å². The minimum Gasteiger partial charge on any atom is -0.398 e. The lowest BCUT2D eigenvalue weighted by Crippen LogP contribution is -2.39. The van der Waals surface area contributed by atoms with Gasteiger partial charge in [-0.3, -0.25) is 0 Å². The molecule has 0 unspecified atom stereocenters. The van der Waals surface area contributed by atoms with E-state index in [-0.39, 0.29) is 10.3 Å². The third-order valence-corrected chi connectivity index (χ3v) is 6.03. The van der Waals surface area contributed by atoms with Gasteiger partial charge in [-0.05, 0) is 42.9 Å². The van der Waals surface area contributed by atoms with Crippen LogP contribution in [0.4, 0.5) is 5.69 Å². The van der Waals surface area contributed by atoms with Gasteiger partial charge in [-0.1, -0.05) is 22.9 Å². The number of nitrogen functional groups attached to an aromatic ring is 1. The van der Waals surface area contributed by atoms with Gasteiger partial charge in [0, 0.05) is 29.9 Å². The quantitative estimate of drug-likeness (QED) is 0.790. The molecule has 3 N–H and O–H groups in total. The van der Waals surface area contributed by atoms with Crippen LogP contribution in [0.1, 0.15) is 25.3 Å². The van der Waals surface area contributed by atoms with E-state index in [9.17, 15) is 8.42 Å². The first kappa shape index (κ1) is 16.7. The highest BCUT2D eigenvalue weighted by atomic mass is 79.9. The van der Waals surface area contributed by atoms with Gasteiger partial charge in [0.2, 0.25) is 10.0 Å². The molecule has 1 fully saturated rings. The number of nitrogens with one attached hydrogen (secondary N) is 1. The van der Waals surface area contributed by atoms with E-state index in [1.807, 2.05) is 0 Å². The summed E-state index contributed by atoms with van der Waals surface area (Å²) < 4.78 is 33.8. The summed E-state index contributed by atoms with van der Waals surface area (Å²) in [6, 6.07) is 3.29. The van der Waals surface area contributed by atoms with E-state index in [1.54, 1.807) is 19.1 Å². The molecule has 5 nitrogen and oxygen atoms in total. The number of nitrogens with two attached hydrogens (primary N) is 1. The Hall–Kier alpha value is -0.630. The first-order valence-corrected chi connectivity index (χ1v) is 9.14. The largest absolute Gasteiger partial charge is 0.398 e. The summed E-state index contributed by atoms with van der Waals surface area (Å²) >= 11 is 3.29. The molecule has 0 spiro atoms. The van der Waals surface area contributed by atoms with E-state index in [0.29, 0.717) is 35.5 Å². The lowest BCUT2D eigenvalue weighted by atomic mass is 9.83. The Labute approximate surface area is 134 Å². The summed E-state index contributed by atoms with van der Waals surface area (Å²) in [5.41, 5.74) is 6.82. The fourth-order valence-corrected chi connectivity index (χ4v) is 4.47. The second-order valence-electron chi connectivity index (χ2n) is 5.87. The molecular weight excluding hydrogens is 356 g/mol. The van der Waals surface area contributed by atoms with Crippen LogP contribution in [0.2, 0.25) is 0 Å². The van der Waals surface area contributed by atoms with Gasteiger partial charge < -0.3 is 10.5 Å². The standard InChI is InChI=1S/C14H21BrN2O3S/c1-10-12(16)7-11(15)8-13(10)21(18,19)17-9-14(2)3-5-20-6-4-14/h7-8,17H,3-6,9,16H2,1-2H3. The predicted molar refractivity (Wildman–Crippen MR) is 86.6 cm³/mol. The summed E-state index contributed by atoms with van der Waals surface area (Å²) in [6.45, 7) is 5.57. The van der Waals surface area contributed by atoms with Crippen molar-refractivity contribution in [2.75, 3.05) is 25.5 Å². The van der Waals surface area contributed by atoms with Crippen LogP contribution in [0.3, 0.4) is 0 Å². The third-order valence-electron chi connectivity index (χ3n) is 4.04. The Morgan fingerprint density at radius 2 is 2.00 bits per heavy atom. The predicted octanol–water partition coefficient (Wildman–Crippen LogP) is 2.43. The Morgan fingerprint density at radius 1 is 1.38 bits per heavy atom. The van der Waals surface area contributed by atoms with Crippen molar-refractivity contribution in [2.24, 2.45) is 5.41 Å². The number of hydrogen-bond donors (Lipinski definition) is 2. The zero-order valence-corrected chi connectivity index (χ0v) is 14.7. The van der Waals surface area contributed by atoms with Gasteiger partial charge in [0.1, 0.15) is 0 Å². The van der Waals surface area contributed by atoms with Crippen LogP contribution in [0.5, 0.6) is 0 Å². The number of ether oxygens (including phenoxy) is 1. The molecule has 0 amide bonds. The van der Waals surface area contributed by atoms with Crippen LogP contribution in [-0.2, 0) is 14.8 Å². The van der Waals surface area contributed by atoms with E-state index in [2.05, 4.69) is 27.6 Å². The molecule has 1 saturated heterocycles. The number of anilines is 1. The SMILES string of the molecule is Cc1c(N)cc(Br)cc1S(=O)(=O)NCC1(C)CCOCC1. The maximum Gasteiger partial charge on any atom is 0.240 e. The van der Waals surface area contributed by atoms with Gasteiger partial charge >= 0.3 is 0 Å². The number of sulfonamides is 1. The summed E-state index contributed by atoms with van der Waals surface area (Å²) in [5.74, 6) is 0. The van der Waals surface area contributed by atoms with E-state index in [0.717, 1.165) is 12.8 Å². The van der Waals surface area contributed by atoms with Crippen molar-refractivity contribution in [1.82, 2.24) is 4.72 Å². The monoisotopic (exact) mass is 376 g/mol. The zero-order chi connectivity index (χ0) is 15.7. The molecule has 21 heavy (non-hydrogen) atoms. The van der Waals surface area contributed by atoms with E-state index in [1.165, 1.54) is 0 Å². The lowest BCUT2D eigenvalue weighted by Gasteiger charge is -2.33. The molecule has 118 valence electrons. The first-order chi connectivity index (χ1) is 9.73. The molecule has 0 aromatic heterocycles. The molecule has 0 atom stereocenters. The van der Waals surface area contributed by atoms with Crippen molar-refractivity contribution < 1.29 is 13.2 Å². The van der Waals surface area contributed by atoms with Crippen LogP contribution in [0.15, 0.2) is 21.5 Å². The molecule has 0 bridgehead atoms. The zero-order valence-electron chi connectivity index (χ0n) is 12.3. The van der Waals surface area contributed by atoms with Crippen molar-refractivity contribution in [3.63, 3.8) is 0 Å². The summed E-state index contributed by atoms with van der Waals surface area (Å²) in [7, 11) is -3.57. The van der Waals surface area contributed by atoms with E-state index in [4.69, 9.17) is 10.5 Å². The fraction of sp³-hybridized carbons (Fsp3) is 0.571. The van der Waals surface area contributed by atoms with Gasteiger partial charge in [-0.25, -0.2) is 13.1 Å². The molecule has 0 aliphatic carbocycles.